The Morgan fingerprint density at radius 1 is 1.30 bits per heavy atom. The Kier molecular flexibility index (Phi) is 4.92. The van der Waals surface area contributed by atoms with E-state index in [1.807, 2.05) is 12.1 Å². The average molecular weight is 312 g/mol. The summed E-state index contributed by atoms with van der Waals surface area (Å²) in [5.74, 6) is 0.391. The lowest BCUT2D eigenvalue weighted by atomic mass is 9.89. The van der Waals surface area contributed by atoms with E-state index in [9.17, 15) is 9.59 Å². The van der Waals surface area contributed by atoms with Crippen molar-refractivity contribution < 1.29 is 4.79 Å². The van der Waals surface area contributed by atoms with Gasteiger partial charge in [0, 0.05) is 43.7 Å². The number of H-pyrrole nitrogens is 1. The van der Waals surface area contributed by atoms with Crippen LogP contribution in [0.2, 0.25) is 0 Å². The van der Waals surface area contributed by atoms with Crippen molar-refractivity contribution in [1.82, 2.24) is 19.9 Å². The number of aromatic nitrogens is 3. The molecule has 0 radical (unpaired) electrons. The molecule has 1 N–H and O–H groups in total. The van der Waals surface area contributed by atoms with Gasteiger partial charge in [-0.2, -0.15) is 0 Å². The van der Waals surface area contributed by atoms with Gasteiger partial charge in [0.25, 0.3) is 5.56 Å². The van der Waals surface area contributed by atoms with Gasteiger partial charge in [-0.3, -0.25) is 24.5 Å². The zero-order valence-electron chi connectivity index (χ0n) is 12.9. The molecule has 120 valence electrons. The smallest absolute Gasteiger partial charge is 0.270 e. The molecule has 0 bridgehead atoms. The van der Waals surface area contributed by atoms with E-state index in [0.29, 0.717) is 18.7 Å². The molecule has 1 fully saturated rings. The number of nitrogens with one attached hydrogen (secondary N) is 1. The van der Waals surface area contributed by atoms with Crippen LogP contribution in [0.25, 0.3) is 0 Å². The van der Waals surface area contributed by atoms with Gasteiger partial charge in [-0.1, -0.05) is 6.07 Å². The average Bonchev–Trinajstić information content (AvgIpc) is 2.58. The largest absolute Gasteiger partial charge is 0.326 e. The van der Waals surface area contributed by atoms with Crippen molar-refractivity contribution in [3.63, 3.8) is 0 Å². The Labute approximate surface area is 134 Å². The van der Waals surface area contributed by atoms with E-state index >= 15 is 0 Å². The number of likely N-dealkylation sites (tertiary alicyclic amines) is 1. The van der Waals surface area contributed by atoms with Crippen molar-refractivity contribution >= 4 is 5.78 Å². The number of carbonyl (C=O) groups excluding carboxylic acids is 1. The molecular weight excluding hydrogens is 292 g/mol. The number of aromatic amines is 1. The van der Waals surface area contributed by atoms with E-state index in [1.165, 1.54) is 6.20 Å². The molecule has 0 unspecified atom stereocenters. The van der Waals surface area contributed by atoms with Crippen LogP contribution in [0.15, 0.2) is 41.7 Å². The summed E-state index contributed by atoms with van der Waals surface area (Å²) in [6, 6.07) is 3.79. The number of rotatable bonds is 5. The van der Waals surface area contributed by atoms with Crippen LogP contribution in [0, 0.1) is 5.92 Å². The third kappa shape index (κ3) is 4.10. The summed E-state index contributed by atoms with van der Waals surface area (Å²) in [5, 5.41) is 0. The van der Waals surface area contributed by atoms with Crippen molar-refractivity contribution in [3.05, 3.63) is 58.5 Å². The number of piperidine rings is 1. The number of hydrogen-bond acceptors (Lipinski definition) is 5. The van der Waals surface area contributed by atoms with Crippen molar-refractivity contribution in [1.29, 1.82) is 0 Å². The van der Waals surface area contributed by atoms with E-state index in [0.717, 1.165) is 31.5 Å². The molecule has 6 nitrogen and oxygen atoms in total. The third-order valence-electron chi connectivity index (χ3n) is 4.30. The molecule has 0 aromatic carbocycles. The second-order valence-corrected chi connectivity index (χ2v) is 5.92. The predicted molar refractivity (Wildman–Crippen MR) is 85.8 cm³/mol. The van der Waals surface area contributed by atoms with E-state index < -0.39 is 0 Å². The van der Waals surface area contributed by atoms with Crippen LogP contribution in [-0.2, 0) is 17.8 Å². The topological polar surface area (TPSA) is 79.0 Å². The predicted octanol–water partition coefficient (Wildman–Crippen LogP) is 1.19. The highest BCUT2D eigenvalue weighted by molar-refractivity contribution is 5.83. The van der Waals surface area contributed by atoms with Gasteiger partial charge in [-0.25, -0.2) is 0 Å². The lowest BCUT2D eigenvalue weighted by Crippen LogP contribution is -2.37. The molecule has 0 aliphatic carbocycles. The normalized spacial score (nSPS) is 16.3. The van der Waals surface area contributed by atoms with Gasteiger partial charge in [0.05, 0.1) is 0 Å². The Morgan fingerprint density at radius 2 is 2.13 bits per heavy atom. The van der Waals surface area contributed by atoms with Crippen molar-refractivity contribution in [2.45, 2.75) is 25.8 Å². The van der Waals surface area contributed by atoms with Crippen LogP contribution in [0.3, 0.4) is 0 Å². The first-order valence-electron chi connectivity index (χ1n) is 7.89. The van der Waals surface area contributed by atoms with Crippen LogP contribution < -0.4 is 5.56 Å². The number of hydrogen-bond donors (Lipinski definition) is 1. The minimum Gasteiger partial charge on any atom is -0.326 e. The summed E-state index contributed by atoms with van der Waals surface area (Å²) in [7, 11) is 0. The summed E-state index contributed by atoms with van der Waals surface area (Å²) in [4.78, 5) is 37.0. The molecular formula is C17H20N4O2. The van der Waals surface area contributed by atoms with Crippen molar-refractivity contribution in [2.24, 2.45) is 5.92 Å². The third-order valence-corrected chi connectivity index (χ3v) is 4.30. The van der Waals surface area contributed by atoms with Crippen LogP contribution in [0.4, 0.5) is 0 Å². The molecule has 23 heavy (non-hydrogen) atoms. The Bertz CT molecular complexity index is 706. The molecule has 0 amide bonds. The highest BCUT2D eigenvalue weighted by Crippen LogP contribution is 2.20. The minimum atomic E-state index is -0.137. The fourth-order valence-electron chi connectivity index (χ4n) is 2.97. The maximum atomic E-state index is 12.4. The summed E-state index contributed by atoms with van der Waals surface area (Å²) in [5.41, 5.74) is 1.37. The quantitative estimate of drug-likeness (QED) is 0.897. The highest BCUT2D eigenvalue weighted by atomic mass is 16.1. The van der Waals surface area contributed by atoms with E-state index in [2.05, 4.69) is 19.9 Å². The monoisotopic (exact) mass is 312 g/mol. The van der Waals surface area contributed by atoms with Crippen LogP contribution in [-0.4, -0.2) is 38.7 Å². The minimum absolute atomic E-state index is 0.105. The summed E-state index contributed by atoms with van der Waals surface area (Å²) >= 11 is 0. The second-order valence-electron chi connectivity index (χ2n) is 5.92. The SMILES string of the molecule is O=C(Cc1cccnc1)C1CCN(Cc2ncc[nH]c2=O)CC1. The maximum Gasteiger partial charge on any atom is 0.270 e. The zero-order chi connectivity index (χ0) is 16.1. The van der Waals surface area contributed by atoms with Crippen LogP contribution in [0.5, 0.6) is 0 Å². The number of carbonyl (C=O) groups is 1. The first kappa shape index (κ1) is 15.6. The maximum absolute atomic E-state index is 12.4. The molecule has 0 atom stereocenters. The first-order valence-corrected chi connectivity index (χ1v) is 7.89. The Balaban J connectivity index is 1.51. The Hall–Kier alpha value is -2.34. The van der Waals surface area contributed by atoms with Gasteiger partial charge in [0.1, 0.15) is 11.5 Å². The molecule has 6 heteroatoms. The van der Waals surface area contributed by atoms with Gasteiger partial charge in [-0.15, -0.1) is 0 Å². The van der Waals surface area contributed by atoms with E-state index in [1.54, 1.807) is 18.6 Å². The molecule has 3 heterocycles. The number of pyridine rings is 1. The van der Waals surface area contributed by atoms with Gasteiger partial charge < -0.3 is 4.98 Å². The molecule has 2 aromatic rings. The molecule has 0 spiro atoms. The van der Waals surface area contributed by atoms with Crippen molar-refractivity contribution in [2.75, 3.05) is 13.1 Å². The van der Waals surface area contributed by atoms with Crippen molar-refractivity contribution in [3.8, 4) is 0 Å². The molecule has 1 aliphatic rings. The summed E-state index contributed by atoms with van der Waals surface area (Å²) in [6.45, 7) is 2.18. The molecule has 1 aliphatic heterocycles. The van der Waals surface area contributed by atoms with Gasteiger partial charge >= 0.3 is 0 Å². The molecule has 3 rings (SSSR count). The first-order chi connectivity index (χ1) is 11.2. The highest BCUT2D eigenvalue weighted by Gasteiger charge is 2.25. The number of nitrogens with zero attached hydrogens (tertiary/aromatic N) is 3. The fourth-order valence-corrected chi connectivity index (χ4v) is 2.97. The second kappa shape index (κ2) is 7.28. The molecule has 1 saturated heterocycles. The molecule has 2 aromatic heterocycles. The van der Waals surface area contributed by atoms with Crippen LogP contribution >= 0.6 is 0 Å². The van der Waals surface area contributed by atoms with Gasteiger partial charge in [0.15, 0.2) is 0 Å². The molecule has 0 saturated carbocycles. The van der Waals surface area contributed by atoms with E-state index in [4.69, 9.17) is 0 Å². The summed E-state index contributed by atoms with van der Waals surface area (Å²) in [6.07, 6.45) is 8.73. The Morgan fingerprint density at radius 3 is 2.83 bits per heavy atom. The van der Waals surface area contributed by atoms with E-state index in [-0.39, 0.29) is 17.3 Å². The van der Waals surface area contributed by atoms with Crippen LogP contribution in [0.1, 0.15) is 24.1 Å². The fraction of sp³-hybridized carbons (Fsp3) is 0.412. The lowest BCUT2D eigenvalue weighted by Gasteiger charge is -2.30. The van der Waals surface area contributed by atoms with Gasteiger partial charge in [-0.05, 0) is 37.6 Å². The zero-order valence-corrected chi connectivity index (χ0v) is 12.9. The number of Topliss-reactive ketones (excluding diaryl/α,β-unsaturated/α-hetero) is 1. The standard InChI is InChI=1S/C17H20N4O2/c22-16(10-13-2-1-5-18-11-13)14-3-8-21(9-4-14)12-15-17(23)20-7-6-19-15/h1-2,5-7,11,14H,3-4,8-10,12H2,(H,20,23). The van der Waals surface area contributed by atoms with Gasteiger partial charge in [0.2, 0.25) is 0 Å². The summed E-state index contributed by atoms with van der Waals surface area (Å²) < 4.78 is 0. The lowest BCUT2D eigenvalue weighted by molar-refractivity contribution is -0.123. The number of ketones is 1.